The molecule has 0 spiro atoms. The van der Waals surface area contributed by atoms with Crippen molar-refractivity contribution in [2.75, 3.05) is 39.4 Å². The second-order valence-corrected chi connectivity index (χ2v) is 8.93. The minimum absolute atomic E-state index is 0. The molecule has 0 amide bonds. The van der Waals surface area contributed by atoms with E-state index in [0.29, 0.717) is 12.2 Å². The van der Waals surface area contributed by atoms with E-state index in [2.05, 4.69) is 28.3 Å². The third-order valence-electron chi connectivity index (χ3n) is 6.24. The number of fused-ring (bicyclic) bond motifs is 1. The van der Waals surface area contributed by atoms with Crippen LogP contribution in [0.5, 0.6) is 0 Å². The lowest BCUT2D eigenvalue weighted by Gasteiger charge is -2.35. The molecule has 178 valence electrons. The van der Waals surface area contributed by atoms with Gasteiger partial charge in [0.25, 0.3) is 0 Å². The maximum absolute atomic E-state index is 6.18. The molecule has 0 bridgehead atoms. The number of piperidine rings is 1. The van der Waals surface area contributed by atoms with Gasteiger partial charge in [0.15, 0.2) is 5.96 Å². The smallest absolute Gasteiger partial charge is 0.193 e. The number of nitrogens with one attached hydrogen (secondary N) is 2. The van der Waals surface area contributed by atoms with Crippen LogP contribution in [0.4, 0.5) is 0 Å². The van der Waals surface area contributed by atoms with E-state index in [1.165, 1.54) is 23.8 Å². The zero-order valence-electron chi connectivity index (χ0n) is 18.9. The summed E-state index contributed by atoms with van der Waals surface area (Å²) in [7, 11) is 0. The Hall–Kier alpha value is -1.03. The Morgan fingerprint density at radius 2 is 2.12 bits per heavy atom. The van der Waals surface area contributed by atoms with E-state index in [0.717, 1.165) is 81.6 Å². The van der Waals surface area contributed by atoms with Gasteiger partial charge in [-0.2, -0.15) is 0 Å². The van der Waals surface area contributed by atoms with Crippen LogP contribution in [-0.2, 0) is 15.9 Å². The highest BCUT2D eigenvalue weighted by Crippen LogP contribution is 2.23. The fourth-order valence-corrected chi connectivity index (χ4v) is 4.65. The molecular weight excluding hydrogens is 539 g/mol. The highest BCUT2D eigenvalue weighted by atomic mass is 127. The summed E-state index contributed by atoms with van der Waals surface area (Å²) in [5, 5.41) is 5.42. The molecule has 32 heavy (non-hydrogen) atoms. The molecule has 4 rings (SSSR count). The van der Waals surface area contributed by atoms with Crippen molar-refractivity contribution in [3.63, 3.8) is 0 Å². The summed E-state index contributed by atoms with van der Waals surface area (Å²) >= 11 is 6.18. The number of aromatic amines is 1. The molecule has 2 fully saturated rings. The van der Waals surface area contributed by atoms with Gasteiger partial charge in [-0.05, 0) is 69.2 Å². The maximum Gasteiger partial charge on any atom is 0.193 e. The van der Waals surface area contributed by atoms with Gasteiger partial charge >= 0.3 is 0 Å². The SMILES string of the molecule is CCNC(=NCCc1c[nH]c2ccc(Cl)cc12)N1CCC(OCC2CCCCO2)CC1.I. The van der Waals surface area contributed by atoms with E-state index >= 15 is 0 Å². The Balaban J connectivity index is 0.00000289. The summed E-state index contributed by atoms with van der Waals surface area (Å²) in [5.41, 5.74) is 2.38. The van der Waals surface area contributed by atoms with E-state index < -0.39 is 0 Å². The van der Waals surface area contributed by atoms with Gasteiger partial charge in [-0.25, -0.2) is 0 Å². The quantitative estimate of drug-likeness (QED) is 0.278. The molecule has 1 aromatic carbocycles. The van der Waals surface area contributed by atoms with E-state index in [1.807, 2.05) is 18.2 Å². The summed E-state index contributed by atoms with van der Waals surface area (Å²) < 4.78 is 12.0. The first-order valence-electron chi connectivity index (χ1n) is 11.7. The summed E-state index contributed by atoms with van der Waals surface area (Å²) in [6.45, 7) is 7.33. The number of guanidine groups is 1. The van der Waals surface area contributed by atoms with Gasteiger partial charge < -0.3 is 24.7 Å². The number of H-pyrrole nitrogens is 1. The Morgan fingerprint density at radius 3 is 2.88 bits per heavy atom. The number of aliphatic imine (C=N–C) groups is 1. The molecule has 2 aliphatic heterocycles. The van der Waals surface area contributed by atoms with Gasteiger partial charge in [0.05, 0.1) is 18.8 Å². The van der Waals surface area contributed by atoms with Gasteiger partial charge in [0, 0.05) is 54.9 Å². The molecule has 2 aliphatic rings. The largest absolute Gasteiger partial charge is 0.376 e. The molecule has 3 heterocycles. The highest BCUT2D eigenvalue weighted by Gasteiger charge is 2.23. The Bertz CT molecular complexity index is 861. The van der Waals surface area contributed by atoms with Gasteiger partial charge in [0.1, 0.15) is 0 Å². The van der Waals surface area contributed by atoms with E-state index in [4.69, 9.17) is 26.1 Å². The minimum atomic E-state index is 0. The molecule has 0 radical (unpaired) electrons. The molecule has 1 aromatic heterocycles. The average molecular weight is 575 g/mol. The summed E-state index contributed by atoms with van der Waals surface area (Å²) in [5.74, 6) is 1.01. The minimum Gasteiger partial charge on any atom is -0.376 e. The zero-order valence-corrected chi connectivity index (χ0v) is 22.0. The van der Waals surface area contributed by atoms with Crippen molar-refractivity contribution in [1.82, 2.24) is 15.2 Å². The summed E-state index contributed by atoms with van der Waals surface area (Å²) in [6.07, 6.45) is 9.26. The first-order valence-corrected chi connectivity index (χ1v) is 12.1. The van der Waals surface area contributed by atoms with Crippen LogP contribution in [0.3, 0.4) is 0 Å². The number of ether oxygens (including phenoxy) is 2. The zero-order chi connectivity index (χ0) is 21.5. The number of halogens is 2. The number of likely N-dealkylation sites (tertiary alicyclic amines) is 1. The fourth-order valence-electron chi connectivity index (χ4n) is 4.48. The normalized spacial score (nSPS) is 20.4. The molecular formula is C24H36ClIN4O2. The lowest BCUT2D eigenvalue weighted by atomic mass is 10.1. The molecule has 2 N–H and O–H groups in total. The van der Waals surface area contributed by atoms with Crippen molar-refractivity contribution < 1.29 is 9.47 Å². The first-order chi connectivity index (χ1) is 15.2. The van der Waals surface area contributed by atoms with Crippen LogP contribution in [0.2, 0.25) is 5.02 Å². The van der Waals surface area contributed by atoms with Crippen molar-refractivity contribution in [2.24, 2.45) is 4.99 Å². The molecule has 2 saturated heterocycles. The lowest BCUT2D eigenvalue weighted by Crippen LogP contribution is -2.47. The summed E-state index contributed by atoms with van der Waals surface area (Å²) in [4.78, 5) is 10.6. The van der Waals surface area contributed by atoms with Crippen LogP contribution in [0.15, 0.2) is 29.4 Å². The van der Waals surface area contributed by atoms with Gasteiger partial charge in [-0.15, -0.1) is 24.0 Å². The highest BCUT2D eigenvalue weighted by molar-refractivity contribution is 14.0. The second kappa shape index (κ2) is 13.0. The predicted molar refractivity (Wildman–Crippen MR) is 143 cm³/mol. The van der Waals surface area contributed by atoms with Crippen LogP contribution in [0.1, 0.15) is 44.6 Å². The van der Waals surface area contributed by atoms with Crippen LogP contribution < -0.4 is 5.32 Å². The summed E-state index contributed by atoms with van der Waals surface area (Å²) in [6, 6.07) is 5.98. The molecule has 1 atom stereocenters. The Kier molecular flexibility index (Phi) is 10.4. The number of nitrogens with zero attached hydrogens (tertiary/aromatic N) is 2. The molecule has 1 unspecified atom stereocenters. The standard InChI is InChI=1S/C24H35ClN4O2.HI/c1-2-26-24(27-11-8-18-16-28-23-7-6-19(25)15-22(18)23)29-12-9-20(10-13-29)31-17-21-5-3-4-14-30-21;/h6-7,15-16,20-21,28H,2-5,8-14,17H2,1H3,(H,26,27);1H. The van der Waals surface area contributed by atoms with Gasteiger partial charge in [-0.1, -0.05) is 11.6 Å². The number of benzene rings is 1. The lowest BCUT2D eigenvalue weighted by molar-refractivity contribution is -0.0721. The van der Waals surface area contributed by atoms with E-state index in [-0.39, 0.29) is 24.0 Å². The second-order valence-electron chi connectivity index (χ2n) is 8.50. The molecule has 0 aliphatic carbocycles. The number of hydrogen-bond donors (Lipinski definition) is 2. The number of rotatable bonds is 7. The fraction of sp³-hybridized carbons (Fsp3) is 0.625. The molecule has 0 saturated carbocycles. The van der Waals surface area contributed by atoms with Crippen molar-refractivity contribution in [2.45, 2.75) is 57.7 Å². The van der Waals surface area contributed by atoms with Gasteiger partial charge in [-0.3, -0.25) is 4.99 Å². The monoisotopic (exact) mass is 574 g/mol. The Morgan fingerprint density at radius 1 is 1.28 bits per heavy atom. The average Bonchev–Trinajstić information content (AvgIpc) is 3.20. The van der Waals surface area contributed by atoms with Crippen molar-refractivity contribution in [3.8, 4) is 0 Å². The molecule has 6 nitrogen and oxygen atoms in total. The molecule has 8 heteroatoms. The van der Waals surface area contributed by atoms with Crippen LogP contribution in [0.25, 0.3) is 10.9 Å². The number of aromatic nitrogens is 1. The van der Waals surface area contributed by atoms with Gasteiger partial charge in [0.2, 0.25) is 0 Å². The Labute approximate surface area is 213 Å². The van der Waals surface area contributed by atoms with Crippen molar-refractivity contribution in [3.05, 3.63) is 35.0 Å². The predicted octanol–water partition coefficient (Wildman–Crippen LogP) is 5.00. The van der Waals surface area contributed by atoms with Crippen LogP contribution in [-0.4, -0.2) is 67.4 Å². The van der Waals surface area contributed by atoms with E-state index in [1.54, 1.807) is 0 Å². The number of hydrogen-bond acceptors (Lipinski definition) is 3. The third-order valence-corrected chi connectivity index (χ3v) is 6.48. The van der Waals surface area contributed by atoms with Crippen LogP contribution in [0, 0.1) is 0 Å². The third kappa shape index (κ3) is 6.98. The topological polar surface area (TPSA) is 61.9 Å². The first kappa shape index (κ1) is 25.6. The van der Waals surface area contributed by atoms with Crippen molar-refractivity contribution in [1.29, 1.82) is 0 Å². The van der Waals surface area contributed by atoms with E-state index in [9.17, 15) is 0 Å². The maximum atomic E-state index is 6.18. The van der Waals surface area contributed by atoms with Crippen LogP contribution >= 0.6 is 35.6 Å². The molecule has 2 aromatic rings. The van der Waals surface area contributed by atoms with Crippen molar-refractivity contribution >= 4 is 52.4 Å².